The summed E-state index contributed by atoms with van der Waals surface area (Å²) in [5.41, 5.74) is 2.01. The summed E-state index contributed by atoms with van der Waals surface area (Å²) >= 11 is 1.92. The fourth-order valence-corrected chi connectivity index (χ4v) is 3.33. The number of carboxylic acid groups (broad SMARTS) is 1. The standard InChI is InChI=1S/C13H18N2O2S/c1-8-6-9(2)14-12(11(8)13(16)17)15-4-5-18-10(3)7-15/h6,10H,4-5,7H2,1-3H3,(H,16,17). The van der Waals surface area contributed by atoms with Gasteiger partial charge in [0.2, 0.25) is 0 Å². The summed E-state index contributed by atoms with van der Waals surface area (Å²) < 4.78 is 0. The van der Waals surface area contributed by atoms with Crippen LogP contribution < -0.4 is 4.90 Å². The minimum Gasteiger partial charge on any atom is -0.478 e. The normalized spacial score (nSPS) is 19.9. The number of nitrogens with zero attached hydrogens (tertiary/aromatic N) is 2. The number of aromatic carboxylic acids is 1. The molecule has 0 amide bonds. The second-order valence-electron chi connectivity index (χ2n) is 4.71. The molecule has 2 heterocycles. The Morgan fingerprint density at radius 3 is 2.89 bits per heavy atom. The third kappa shape index (κ3) is 2.61. The minimum atomic E-state index is -0.888. The van der Waals surface area contributed by atoms with Crippen molar-refractivity contribution in [2.75, 3.05) is 23.7 Å². The summed E-state index contributed by atoms with van der Waals surface area (Å²) in [6.45, 7) is 7.64. The number of rotatable bonds is 2. The fraction of sp³-hybridized carbons (Fsp3) is 0.538. The Morgan fingerprint density at radius 1 is 1.56 bits per heavy atom. The molecule has 1 aromatic rings. The molecule has 98 valence electrons. The van der Waals surface area contributed by atoms with Crippen LogP contribution in [-0.2, 0) is 0 Å². The zero-order valence-electron chi connectivity index (χ0n) is 10.9. The van der Waals surface area contributed by atoms with Crippen LogP contribution in [0.3, 0.4) is 0 Å². The van der Waals surface area contributed by atoms with Crippen molar-refractivity contribution in [2.45, 2.75) is 26.0 Å². The number of thioether (sulfide) groups is 1. The number of anilines is 1. The Bertz CT molecular complexity index is 476. The second kappa shape index (κ2) is 5.18. The van der Waals surface area contributed by atoms with Gasteiger partial charge in [0.05, 0.1) is 0 Å². The average Bonchev–Trinajstić information content (AvgIpc) is 2.27. The fourth-order valence-electron chi connectivity index (χ4n) is 2.32. The lowest BCUT2D eigenvalue weighted by Gasteiger charge is -2.32. The van der Waals surface area contributed by atoms with Gasteiger partial charge in [-0.15, -0.1) is 0 Å². The molecule has 2 rings (SSSR count). The van der Waals surface area contributed by atoms with Crippen LogP contribution in [0.25, 0.3) is 0 Å². The van der Waals surface area contributed by atoms with E-state index in [2.05, 4.69) is 16.8 Å². The Labute approximate surface area is 111 Å². The van der Waals surface area contributed by atoms with Gasteiger partial charge >= 0.3 is 5.97 Å². The Kier molecular flexibility index (Phi) is 3.80. The van der Waals surface area contributed by atoms with E-state index in [1.807, 2.05) is 31.7 Å². The van der Waals surface area contributed by atoms with E-state index >= 15 is 0 Å². The predicted octanol–water partition coefficient (Wildman–Crippen LogP) is 2.34. The van der Waals surface area contributed by atoms with Crippen LogP contribution in [0, 0.1) is 13.8 Å². The topological polar surface area (TPSA) is 53.4 Å². The van der Waals surface area contributed by atoms with Crippen molar-refractivity contribution in [3.63, 3.8) is 0 Å². The summed E-state index contributed by atoms with van der Waals surface area (Å²) in [6.07, 6.45) is 0. The van der Waals surface area contributed by atoms with Gasteiger partial charge < -0.3 is 10.0 Å². The Morgan fingerprint density at radius 2 is 2.28 bits per heavy atom. The molecule has 1 aromatic heterocycles. The molecule has 0 radical (unpaired) electrons. The van der Waals surface area contributed by atoms with E-state index < -0.39 is 5.97 Å². The molecule has 1 unspecified atom stereocenters. The number of aryl methyl sites for hydroxylation is 2. The number of pyridine rings is 1. The first-order valence-corrected chi connectivity index (χ1v) is 7.12. The van der Waals surface area contributed by atoms with Crippen LogP contribution in [0.5, 0.6) is 0 Å². The predicted molar refractivity (Wildman–Crippen MR) is 74.8 cm³/mol. The molecule has 0 saturated carbocycles. The molecule has 5 heteroatoms. The molecule has 1 atom stereocenters. The number of hydrogen-bond acceptors (Lipinski definition) is 4. The van der Waals surface area contributed by atoms with Crippen molar-refractivity contribution in [2.24, 2.45) is 0 Å². The maximum atomic E-state index is 11.4. The molecule has 1 aliphatic heterocycles. The van der Waals surface area contributed by atoms with Crippen LogP contribution in [-0.4, -0.2) is 40.2 Å². The first-order chi connectivity index (χ1) is 8.49. The lowest BCUT2D eigenvalue weighted by Crippen LogP contribution is -2.38. The molecule has 0 spiro atoms. The van der Waals surface area contributed by atoms with Crippen molar-refractivity contribution >= 4 is 23.5 Å². The highest BCUT2D eigenvalue weighted by molar-refractivity contribution is 8.00. The van der Waals surface area contributed by atoms with Crippen LogP contribution in [0.4, 0.5) is 5.82 Å². The highest BCUT2D eigenvalue weighted by Crippen LogP contribution is 2.27. The molecule has 4 nitrogen and oxygen atoms in total. The van der Waals surface area contributed by atoms with Crippen molar-refractivity contribution in [3.05, 3.63) is 22.9 Å². The Balaban J connectivity index is 2.44. The number of carbonyl (C=O) groups is 1. The van der Waals surface area contributed by atoms with Gasteiger partial charge in [0.15, 0.2) is 0 Å². The molecule has 0 aliphatic carbocycles. The smallest absolute Gasteiger partial charge is 0.339 e. The van der Waals surface area contributed by atoms with E-state index in [0.717, 1.165) is 30.1 Å². The highest BCUT2D eigenvalue weighted by atomic mass is 32.2. The first kappa shape index (κ1) is 13.2. The van der Waals surface area contributed by atoms with Gasteiger partial charge in [-0.2, -0.15) is 11.8 Å². The van der Waals surface area contributed by atoms with Crippen LogP contribution in [0.2, 0.25) is 0 Å². The molecule has 0 aromatic carbocycles. The average molecular weight is 266 g/mol. The number of hydrogen-bond donors (Lipinski definition) is 1. The summed E-state index contributed by atoms with van der Waals surface area (Å²) in [4.78, 5) is 18.0. The third-order valence-corrected chi connectivity index (χ3v) is 4.22. The van der Waals surface area contributed by atoms with E-state index in [4.69, 9.17) is 0 Å². The third-order valence-electron chi connectivity index (χ3n) is 3.08. The van der Waals surface area contributed by atoms with Crippen LogP contribution in [0.1, 0.15) is 28.5 Å². The molecule has 1 aliphatic rings. The van der Waals surface area contributed by atoms with Crippen LogP contribution in [0.15, 0.2) is 6.07 Å². The number of carboxylic acids is 1. The summed E-state index contributed by atoms with van der Waals surface area (Å²) in [7, 11) is 0. The lowest BCUT2D eigenvalue weighted by molar-refractivity contribution is 0.0696. The van der Waals surface area contributed by atoms with Crippen molar-refractivity contribution in [3.8, 4) is 0 Å². The quantitative estimate of drug-likeness (QED) is 0.890. The first-order valence-electron chi connectivity index (χ1n) is 6.07. The van der Waals surface area contributed by atoms with Crippen LogP contribution >= 0.6 is 11.8 Å². The number of aromatic nitrogens is 1. The summed E-state index contributed by atoms with van der Waals surface area (Å²) in [6, 6.07) is 1.83. The second-order valence-corrected chi connectivity index (χ2v) is 6.26. The van der Waals surface area contributed by atoms with E-state index in [-0.39, 0.29) is 0 Å². The van der Waals surface area contributed by atoms with Gasteiger partial charge in [0.1, 0.15) is 11.4 Å². The van der Waals surface area contributed by atoms with E-state index in [0.29, 0.717) is 16.6 Å². The maximum absolute atomic E-state index is 11.4. The SMILES string of the molecule is Cc1cc(C)c(C(=O)O)c(N2CCSC(C)C2)n1. The molecule has 1 N–H and O–H groups in total. The van der Waals surface area contributed by atoms with Gasteiger partial charge in [-0.1, -0.05) is 6.92 Å². The largest absolute Gasteiger partial charge is 0.478 e. The highest BCUT2D eigenvalue weighted by Gasteiger charge is 2.24. The Hall–Kier alpha value is -1.23. The molecule has 1 fully saturated rings. The lowest BCUT2D eigenvalue weighted by atomic mass is 10.1. The van der Waals surface area contributed by atoms with Gasteiger partial charge in [-0.25, -0.2) is 9.78 Å². The zero-order valence-corrected chi connectivity index (χ0v) is 11.8. The van der Waals surface area contributed by atoms with Gasteiger partial charge in [-0.3, -0.25) is 0 Å². The van der Waals surface area contributed by atoms with E-state index in [9.17, 15) is 9.90 Å². The van der Waals surface area contributed by atoms with Gasteiger partial charge in [0.25, 0.3) is 0 Å². The van der Waals surface area contributed by atoms with Gasteiger partial charge in [-0.05, 0) is 25.5 Å². The minimum absolute atomic E-state index is 0.347. The molecular weight excluding hydrogens is 248 g/mol. The molecule has 18 heavy (non-hydrogen) atoms. The van der Waals surface area contributed by atoms with Crippen molar-refractivity contribution in [1.29, 1.82) is 0 Å². The summed E-state index contributed by atoms with van der Waals surface area (Å²) in [5, 5.41) is 9.88. The molecular formula is C13H18N2O2S. The van der Waals surface area contributed by atoms with Gasteiger partial charge in [0, 0.05) is 29.8 Å². The molecule has 0 bridgehead atoms. The summed E-state index contributed by atoms with van der Waals surface area (Å²) in [5.74, 6) is 0.766. The molecule has 1 saturated heterocycles. The zero-order chi connectivity index (χ0) is 13.3. The van der Waals surface area contributed by atoms with E-state index in [1.165, 1.54) is 0 Å². The monoisotopic (exact) mass is 266 g/mol. The maximum Gasteiger partial charge on any atom is 0.339 e. The van der Waals surface area contributed by atoms with E-state index in [1.54, 1.807) is 0 Å². The van der Waals surface area contributed by atoms with Crippen molar-refractivity contribution < 1.29 is 9.90 Å². The van der Waals surface area contributed by atoms with Crippen molar-refractivity contribution in [1.82, 2.24) is 4.98 Å².